The van der Waals surface area contributed by atoms with Crippen molar-refractivity contribution in [2.45, 2.75) is 70.3 Å². The van der Waals surface area contributed by atoms with Crippen LogP contribution in [0.4, 0.5) is 13.2 Å². The van der Waals surface area contributed by atoms with Crippen molar-refractivity contribution in [3.63, 3.8) is 0 Å². The summed E-state index contributed by atoms with van der Waals surface area (Å²) in [4.78, 5) is 23.4. The Bertz CT molecular complexity index is 1430. The number of nitrogens with one attached hydrogen (secondary N) is 1. The van der Waals surface area contributed by atoms with Crippen LogP contribution in [0.5, 0.6) is 5.75 Å². The first kappa shape index (κ1) is 28.7. The van der Waals surface area contributed by atoms with E-state index in [-0.39, 0.29) is 17.6 Å². The van der Waals surface area contributed by atoms with Crippen LogP contribution < -0.4 is 10.2 Å². The molecule has 41 heavy (non-hydrogen) atoms. The summed E-state index contributed by atoms with van der Waals surface area (Å²) in [5.74, 6) is -1.64. The van der Waals surface area contributed by atoms with Crippen molar-refractivity contribution in [1.29, 1.82) is 0 Å². The molecule has 1 spiro atoms. The molecule has 1 aromatic heterocycles. The second-order valence-electron chi connectivity index (χ2n) is 11.4. The first-order valence-corrected chi connectivity index (χ1v) is 13.7. The molecule has 1 fully saturated rings. The van der Waals surface area contributed by atoms with Gasteiger partial charge in [-0.2, -0.15) is 13.2 Å². The number of ether oxygens (including phenoxy) is 2. The lowest BCUT2D eigenvalue weighted by Crippen LogP contribution is -2.47. The molecule has 5 rings (SSSR count). The summed E-state index contributed by atoms with van der Waals surface area (Å²) >= 11 is 0. The van der Waals surface area contributed by atoms with Crippen LogP contribution in [0.2, 0.25) is 0 Å². The van der Waals surface area contributed by atoms with Gasteiger partial charge in [-0.15, -0.1) is 0 Å². The van der Waals surface area contributed by atoms with Gasteiger partial charge in [0.25, 0.3) is 0 Å². The zero-order chi connectivity index (χ0) is 29.4. The SMILES string of the molecule is CCOc1ccc(-n2ccnc2C(F)(F)F)cc1C1=C[C@]2(CCCC(C(=O)OC(C)(C)C)[C@H]2c2ccccc2)ON1. The van der Waals surface area contributed by atoms with Crippen LogP contribution in [0.25, 0.3) is 11.4 Å². The molecular formula is C31H34F3N3O4. The number of halogens is 3. The Morgan fingerprint density at radius 3 is 2.61 bits per heavy atom. The Morgan fingerprint density at radius 1 is 1.17 bits per heavy atom. The van der Waals surface area contributed by atoms with Crippen molar-refractivity contribution in [3.8, 4) is 11.4 Å². The summed E-state index contributed by atoms with van der Waals surface area (Å²) in [6.07, 6.45) is 1.71. The third kappa shape index (κ3) is 5.84. The molecule has 1 aliphatic heterocycles. The number of hydroxylamine groups is 1. The highest BCUT2D eigenvalue weighted by Crippen LogP contribution is 2.51. The first-order chi connectivity index (χ1) is 19.4. The normalized spacial score (nSPS) is 22.8. The van der Waals surface area contributed by atoms with Gasteiger partial charge in [-0.1, -0.05) is 30.3 Å². The average Bonchev–Trinajstić information content (AvgIpc) is 3.57. The van der Waals surface area contributed by atoms with Gasteiger partial charge in [0.2, 0.25) is 5.82 Å². The fourth-order valence-corrected chi connectivity index (χ4v) is 5.81. The number of carbonyl (C=O) groups excluding carboxylic acids is 1. The van der Waals surface area contributed by atoms with Gasteiger partial charge < -0.3 is 9.47 Å². The van der Waals surface area contributed by atoms with E-state index in [9.17, 15) is 18.0 Å². The van der Waals surface area contributed by atoms with E-state index in [1.807, 2.05) is 64.1 Å². The quantitative estimate of drug-likeness (QED) is 0.328. The Morgan fingerprint density at radius 2 is 1.93 bits per heavy atom. The smallest absolute Gasteiger partial charge is 0.450 e. The van der Waals surface area contributed by atoms with Crippen molar-refractivity contribution in [2.24, 2.45) is 5.92 Å². The third-order valence-electron chi connectivity index (χ3n) is 7.34. The number of rotatable bonds is 6. The van der Waals surface area contributed by atoms with Gasteiger partial charge in [0, 0.05) is 29.6 Å². The molecule has 3 aromatic rings. The van der Waals surface area contributed by atoms with E-state index in [4.69, 9.17) is 14.3 Å². The zero-order valence-electron chi connectivity index (χ0n) is 23.5. The van der Waals surface area contributed by atoms with Crippen LogP contribution in [0, 0.1) is 5.92 Å². The van der Waals surface area contributed by atoms with E-state index in [0.29, 0.717) is 36.5 Å². The number of aromatic nitrogens is 2. The topological polar surface area (TPSA) is 74.6 Å². The highest BCUT2D eigenvalue weighted by molar-refractivity contribution is 5.77. The third-order valence-corrected chi connectivity index (χ3v) is 7.34. The lowest BCUT2D eigenvalue weighted by molar-refractivity contribution is -0.168. The van der Waals surface area contributed by atoms with E-state index in [1.165, 1.54) is 6.20 Å². The standard InChI is InChI=1S/C31H34F3N3O4/c1-5-39-25-14-13-21(37-17-16-35-28(37)31(32,33)34)18-23(25)24-19-30(41-36-24)15-9-12-22(27(38)40-29(2,3)4)26(30)20-10-7-6-8-11-20/h6-8,10-11,13-14,16-19,22,26,36H,5,9,12,15H2,1-4H3/t22?,26-,30+/m1/s1. The van der Waals surface area contributed by atoms with Gasteiger partial charge in [0.15, 0.2) is 0 Å². The minimum atomic E-state index is -4.62. The largest absolute Gasteiger partial charge is 0.493 e. The summed E-state index contributed by atoms with van der Waals surface area (Å²) < 4.78 is 53.6. The van der Waals surface area contributed by atoms with Crippen molar-refractivity contribution in [3.05, 3.63) is 84.0 Å². The van der Waals surface area contributed by atoms with Crippen molar-refractivity contribution < 1.29 is 32.3 Å². The lowest BCUT2D eigenvalue weighted by Gasteiger charge is -2.43. The summed E-state index contributed by atoms with van der Waals surface area (Å²) in [6.45, 7) is 7.73. The van der Waals surface area contributed by atoms with Gasteiger partial charge >= 0.3 is 12.1 Å². The van der Waals surface area contributed by atoms with Crippen LogP contribution >= 0.6 is 0 Å². The van der Waals surface area contributed by atoms with Crippen LogP contribution in [0.3, 0.4) is 0 Å². The van der Waals surface area contributed by atoms with Crippen LogP contribution in [0.15, 0.2) is 67.0 Å². The minimum Gasteiger partial charge on any atom is -0.493 e. The maximum Gasteiger partial charge on any atom is 0.450 e. The Balaban J connectivity index is 1.60. The monoisotopic (exact) mass is 569 g/mol. The summed E-state index contributed by atoms with van der Waals surface area (Å²) in [7, 11) is 0. The maximum atomic E-state index is 13.6. The Hall–Kier alpha value is -3.79. The fraction of sp³-hybridized carbons (Fsp3) is 0.419. The molecule has 2 heterocycles. The Kier molecular flexibility index (Phi) is 7.63. The van der Waals surface area contributed by atoms with Gasteiger partial charge in [0.05, 0.1) is 18.2 Å². The molecule has 0 radical (unpaired) electrons. The van der Waals surface area contributed by atoms with Crippen molar-refractivity contribution in [1.82, 2.24) is 15.0 Å². The molecule has 1 saturated carbocycles. The predicted molar refractivity (Wildman–Crippen MR) is 147 cm³/mol. The number of alkyl halides is 3. The van der Waals surface area contributed by atoms with Gasteiger partial charge in [-0.05, 0) is 76.8 Å². The minimum absolute atomic E-state index is 0.270. The molecule has 218 valence electrons. The van der Waals surface area contributed by atoms with E-state index in [0.717, 1.165) is 22.7 Å². The number of benzene rings is 2. The summed E-state index contributed by atoms with van der Waals surface area (Å²) in [6, 6.07) is 14.6. The molecule has 2 aromatic carbocycles. The van der Waals surface area contributed by atoms with Crippen molar-refractivity contribution >= 4 is 11.7 Å². The lowest BCUT2D eigenvalue weighted by atomic mass is 9.65. The molecule has 10 heteroatoms. The molecule has 1 N–H and O–H groups in total. The zero-order valence-corrected chi connectivity index (χ0v) is 23.5. The van der Waals surface area contributed by atoms with E-state index in [1.54, 1.807) is 18.2 Å². The van der Waals surface area contributed by atoms with Gasteiger partial charge in [0.1, 0.15) is 17.0 Å². The number of hydrogen-bond acceptors (Lipinski definition) is 6. The number of carbonyl (C=O) groups is 1. The number of esters is 1. The number of nitrogens with zero attached hydrogens (tertiary/aromatic N) is 2. The molecule has 2 aliphatic rings. The molecule has 3 atom stereocenters. The predicted octanol–water partition coefficient (Wildman–Crippen LogP) is 6.83. The highest BCUT2D eigenvalue weighted by Gasteiger charge is 2.52. The van der Waals surface area contributed by atoms with E-state index in [2.05, 4.69) is 10.5 Å². The molecule has 0 amide bonds. The second kappa shape index (κ2) is 10.9. The first-order valence-electron chi connectivity index (χ1n) is 13.7. The Labute approximate surface area is 237 Å². The second-order valence-corrected chi connectivity index (χ2v) is 11.4. The maximum absolute atomic E-state index is 13.6. The van der Waals surface area contributed by atoms with Gasteiger partial charge in [-0.25, -0.2) is 4.98 Å². The molecule has 1 unspecified atom stereocenters. The van der Waals surface area contributed by atoms with Crippen LogP contribution in [0.1, 0.15) is 69.8 Å². The van der Waals surface area contributed by atoms with E-state index < -0.39 is 29.1 Å². The van der Waals surface area contributed by atoms with Crippen molar-refractivity contribution in [2.75, 3.05) is 6.61 Å². The number of hydrogen-bond donors (Lipinski definition) is 1. The summed E-state index contributed by atoms with van der Waals surface area (Å²) in [5.41, 5.74) is 3.79. The molecule has 7 nitrogen and oxygen atoms in total. The van der Waals surface area contributed by atoms with Gasteiger partial charge in [-0.3, -0.25) is 19.7 Å². The average molecular weight is 570 g/mol. The molecule has 1 aliphatic carbocycles. The fourth-order valence-electron chi connectivity index (χ4n) is 5.81. The number of imidazole rings is 1. The molecule has 0 saturated heterocycles. The summed E-state index contributed by atoms with van der Waals surface area (Å²) in [5, 5.41) is 0. The van der Waals surface area contributed by atoms with Crippen LogP contribution in [-0.2, 0) is 20.5 Å². The van der Waals surface area contributed by atoms with E-state index >= 15 is 0 Å². The molecular weight excluding hydrogens is 535 g/mol. The van der Waals surface area contributed by atoms with Crippen LogP contribution in [-0.4, -0.2) is 33.3 Å². The molecule has 0 bridgehead atoms. The highest BCUT2D eigenvalue weighted by atomic mass is 19.4.